The van der Waals surface area contributed by atoms with Gasteiger partial charge in [0.15, 0.2) is 0 Å². The Hall–Kier alpha value is -2.50. The molecule has 1 N–H and O–H groups in total. The molecule has 0 amide bonds. The van der Waals surface area contributed by atoms with Crippen molar-refractivity contribution in [2.45, 2.75) is 32.4 Å². The molecule has 0 aliphatic carbocycles. The van der Waals surface area contributed by atoms with Crippen LogP contribution in [0.5, 0.6) is 0 Å². The average Bonchev–Trinajstić information content (AvgIpc) is 2.88. The van der Waals surface area contributed by atoms with E-state index in [-0.39, 0.29) is 0 Å². The molecule has 6 nitrogen and oxygen atoms in total. The second kappa shape index (κ2) is 4.80. The minimum absolute atomic E-state index is 0.336. The molecule has 1 aliphatic heterocycles. The van der Waals surface area contributed by atoms with Crippen LogP contribution in [-0.4, -0.2) is 30.8 Å². The zero-order valence-corrected chi connectivity index (χ0v) is 11.8. The van der Waals surface area contributed by atoms with Crippen LogP contribution in [0.4, 0.5) is 5.82 Å². The number of rotatable bonds is 2. The van der Waals surface area contributed by atoms with E-state index in [1.165, 1.54) is 0 Å². The second-order valence-corrected chi connectivity index (χ2v) is 5.40. The zero-order chi connectivity index (χ0) is 14.2. The summed E-state index contributed by atoms with van der Waals surface area (Å²) in [5.41, 5.74) is 1.84. The molecular formula is C15H16N6. The summed E-state index contributed by atoms with van der Waals surface area (Å²) in [7, 11) is 0. The molecule has 21 heavy (non-hydrogen) atoms. The van der Waals surface area contributed by atoms with Crippen molar-refractivity contribution in [3.05, 3.63) is 42.1 Å². The van der Waals surface area contributed by atoms with Crippen LogP contribution in [0, 0.1) is 6.92 Å². The number of aryl methyl sites for hydroxylation is 2. The van der Waals surface area contributed by atoms with Gasteiger partial charge >= 0.3 is 0 Å². The van der Waals surface area contributed by atoms with Gasteiger partial charge in [0.05, 0.1) is 17.2 Å². The number of nitrogens with zero attached hydrogens (tertiary/aromatic N) is 5. The predicted octanol–water partition coefficient (Wildman–Crippen LogP) is 1.96. The summed E-state index contributed by atoms with van der Waals surface area (Å²) in [6, 6.07) is 8.24. The molecule has 3 heterocycles. The fourth-order valence-electron chi connectivity index (χ4n) is 2.82. The number of benzene rings is 1. The third kappa shape index (κ3) is 2.22. The number of fused-ring (bicyclic) bond motifs is 2. The highest BCUT2D eigenvalue weighted by Crippen LogP contribution is 2.18. The van der Waals surface area contributed by atoms with E-state index in [1.807, 2.05) is 31.2 Å². The van der Waals surface area contributed by atoms with Gasteiger partial charge in [-0.15, -0.1) is 10.2 Å². The van der Waals surface area contributed by atoms with E-state index in [0.717, 1.165) is 47.9 Å². The van der Waals surface area contributed by atoms with Crippen LogP contribution in [0.25, 0.3) is 11.0 Å². The van der Waals surface area contributed by atoms with Gasteiger partial charge in [0, 0.05) is 19.0 Å². The molecule has 0 fully saturated rings. The average molecular weight is 280 g/mol. The number of hydrogen-bond donors (Lipinski definition) is 1. The summed E-state index contributed by atoms with van der Waals surface area (Å²) >= 11 is 0. The predicted molar refractivity (Wildman–Crippen MR) is 80.0 cm³/mol. The lowest BCUT2D eigenvalue weighted by Crippen LogP contribution is -2.32. The van der Waals surface area contributed by atoms with Gasteiger partial charge in [0.25, 0.3) is 0 Å². The number of anilines is 1. The molecular weight excluding hydrogens is 264 g/mol. The monoisotopic (exact) mass is 280 g/mol. The Morgan fingerprint density at radius 3 is 2.95 bits per heavy atom. The van der Waals surface area contributed by atoms with Crippen molar-refractivity contribution in [1.82, 2.24) is 24.7 Å². The zero-order valence-electron chi connectivity index (χ0n) is 11.8. The second-order valence-electron chi connectivity index (χ2n) is 5.40. The number of para-hydroxylation sites is 2. The van der Waals surface area contributed by atoms with Gasteiger partial charge in [0.2, 0.25) is 0 Å². The first-order valence-corrected chi connectivity index (χ1v) is 7.16. The van der Waals surface area contributed by atoms with Crippen LogP contribution >= 0.6 is 0 Å². The van der Waals surface area contributed by atoms with Gasteiger partial charge in [0.1, 0.15) is 17.5 Å². The lowest BCUT2D eigenvalue weighted by Gasteiger charge is -2.25. The maximum Gasteiger partial charge on any atom is 0.145 e. The smallest absolute Gasteiger partial charge is 0.145 e. The molecule has 0 spiro atoms. The fourth-order valence-corrected chi connectivity index (χ4v) is 2.82. The summed E-state index contributed by atoms with van der Waals surface area (Å²) in [5, 5.41) is 11.8. The molecule has 1 aliphatic rings. The number of hydrogen-bond acceptors (Lipinski definition) is 5. The van der Waals surface area contributed by atoms with Crippen LogP contribution in [0.3, 0.4) is 0 Å². The minimum Gasteiger partial charge on any atom is -0.364 e. The Balaban J connectivity index is 1.57. The number of nitrogens with one attached hydrogen (secondary N) is 1. The Morgan fingerprint density at radius 2 is 2.05 bits per heavy atom. The first-order valence-electron chi connectivity index (χ1n) is 7.16. The van der Waals surface area contributed by atoms with Crippen molar-refractivity contribution in [3.8, 4) is 0 Å². The highest BCUT2D eigenvalue weighted by molar-refractivity contribution is 5.75. The largest absolute Gasteiger partial charge is 0.364 e. The first-order chi connectivity index (χ1) is 10.3. The van der Waals surface area contributed by atoms with Crippen molar-refractivity contribution >= 4 is 16.9 Å². The van der Waals surface area contributed by atoms with Gasteiger partial charge in [-0.3, -0.25) is 4.98 Å². The molecule has 1 atom stereocenters. The van der Waals surface area contributed by atoms with Crippen molar-refractivity contribution < 1.29 is 0 Å². The van der Waals surface area contributed by atoms with E-state index in [1.54, 1.807) is 6.20 Å². The fraction of sp³-hybridized carbons (Fsp3) is 0.333. The summed E-state index contributed by atoms with van der Waals surface area (Å²) in [6.07, 6.45) is 3.78. The van der Waals surface area contributed by atoms with E-state index >= 15 is 0 Å². The summed E-state index contributed by atoms with van der Waals surface area (Å²) < 4.78 is 2.18. The molecule has 2 aromatic heterocycles. The summed E-state index contributed by atoms with van der Waals surface area (Å²) in [6.45, 7) is 2.87. The SMILES string of the molecule is Cc1nnc2n1CC(Nc1cnc3ccccc3n1)CC2. The molecule has 0 saturated heterocycles. The minimum atomic E-state index is 0.336. The summed E-state index contributed by atoms with van der Waals surface area (Å²) in [5.74, 6) is 2.88. The molecule has 3 aromatic rings. The van der Waals surface area contributed by atoms with E-state index < -0.39 is 0 Å². The van der Waals surface area contributed by atoms with Crippen LogP contribution in [0.1, 0.15) is 18.1 Å². The lowest BCUT2D eigenvalue weighted by atomic mass is 10.1. The topological polar surface area (TPSA) is 68.5 Å². The standard InChI is InChI=1S/C15H16N6/c1-10-19-20-15-7-6-11(9-21(10)15)17-14-8-16-12-4-2-3-5-13(12)18-14/h2-5,8,11H,6-7,9H2,1H3,(H,17,18). The van der Waals surface area contributed by atoms with Crippen LogP contribution in [-0.2, 0) is 13.0 Å². The van der Waals surface area contributed by atoms with E-state index in [2.05, 4.69) is 30.0 Å². The molecule has 0 radical (unpaired) electrons. The molecule has 0 saturated carbocycles. The third-order valence-electron chi connectivity index (χ3n) is 3.93. The molecule has 1 aromatic carbocycles. The Bertz CT molecular complexity index is 794. The molecule has 1 unspecified atom stereocenters. The molecule has 6 heteroatoms. The highest BCUT2D eigenvalue weighted by atomic mass is 15.3. The third-order valence-corrected chi connectivity index (χ3v) is 3.93. The Labute approximate surface area is 122 Å². The Morgan fingerprint density at radius 1 is 1.19 bits per heavy atom. The molecule has 106 valence electrons. The van der Waals surface area contributed by atoms with Crippen molar-refractivity contribution in [2.75, 3.05) is 5.32 Å². The maximum absolute atomic E-state index is 4.62. The lowest BCUT2D eigenvalue weighted by molar-refractivity contribution is 0.469. The molecule has 0 bridgehead atoms. The van der Waals surface area contributed by atoms with Crippen LogP contribution < -0.4 is 5.32 Å². The Kier molecular flexibility index (Phi) is 2.80. The quantitative estimate of drug-likeness (QED) is 0.777. The number of aromatic nitrogens is 5. The normalized spacial score (nSPS) is 17.7. The van der Waals surface area contributed by atoms with Crippen LogP contribution in [0.15, 0.2) is 30.5 Å². The molecule has 4 rings (SSSR count). The maximum atomic E-state index is 4.62. The van der Waals surface area contributed by atoms with Crippen LogP contribution in [0.2, 0.25) is 0 Å². The van der Waals surface area contributed by atoms with Crippen molar-refractivity contribution in [3.63, 3.8) is 0 Å². The van der Waals surface area contributed by atoms with Gasteiger partial charge in [-0.05, 0) is 25.5 Å². The van der Waals surface area contributed by atoms with Crippen molar-refractivity contribution in [2.24, 2.45) is 0 Å². The van der Waals surface area contributed by atoms with Gasteiger partial charge in [-0.25, -0.2) is 4.98 Å². The van der Waals surface area contributed by atoms with E-state index in [0.29, 0.717) is 6.04 Å². The van der Waals surface area contributed by atoms with Gasteiger partial charge < -0.3 is 9.88 Å². The van der Waals surface area contributed by atoms with Crippen molar-refractivity contribution in [1.29, 1.82) is 0 Å². The van der Waals surface area contributed by atoms with E-state index in [4.69, 9.17) is 0 Å². The van der Waals surface area contributed by atoms with Gasteiger partial charge in [-0.2, -0.15) is 0 Å². The highest BCUT2D eigenvalue weighted by Gasteiger charge is 2.21. The first kappa shape index (κ1) is 12.3. The van der Waals surface area contributed by atoms with E-state index in [9.17, 15) is 0 Å². The summed E-state index contributed by atoms with van der Waals surface area (Å²) in [4.78, 5) is 9.06. The van der Waals surface area contributed by atoms with Gasteiger partial charge in [-0.1, -0.05) is 12.1 Å².